The first-order valence-corrected chi connectivity index (χ1v) is 40.1. The van der Waals surface area contributed by atoms with Crippen molar-refractivity contribution in [1.82, 2.24) is 55.6 Å². The van der Waals surface area contributed by atoms with E-state index in [2.05, 4.69) is 378 Å². The van der Waals surface area contributed by atoms with Crippen LogP contribution in [0.25, 0.3) is 149 Å². The molecule has 15 nitrogen and oxygen atoms in total. The zero-order chi connectivity index (χ0) is 81.5. The molecule has 1 unspecified atom stereocenters. The van der Waals surface area contributed by atoms with Crippen LogP contribution in [0.1, 0.15) is 114 Å². The molecule has 1 aliphatic heterocycles. The number of rotatable bonds is 1. The second-order valence-electron chi connectivity index (χ2n) is 32.1. The van der Waals surface area contributed by atoms with Crippen molar-refractivity contribution in [3.05, 3.63) is 267 Å². The Bertz CT molecular complexity index is 7160. The molecular formula is C102H116N13O2+. The summed E-state index contributed by atoms with van der Waals surface area (Å²) in [4.78, 5) is 8.11. The number of hydrogen-bond donors (Lipinski definition) is 1. The molecule has 0 radical (unpaired) electrons. The molecule has 14 heterocycles. The minimum absolute atomic E-state index is 0. The van der Waals surface area contributed by atoms with Gasteiger partial charge in [-0.25, -0.2) is 9.56 Å². The molecule has 22 rings (SSSR count). The Morgan fingerprint density at radius 3 is 1.29 bits per heavy atom. The summed E-state index contributed by atoms with van der Waals surface area (Å²) in [6, 6.07) is 66.0. The largest absolute Gasteiger partial charge is 0.445 e. The number of aromatic nitrogens is 12. The smallest absolute Gasteiger partial charge is 0.234 e. The van der Waals surface area contributed by atoms with Crippen molar-refractivity contribution in [2.24, 2.45) is 63.4 Å². The van der Waals surface area contributed by atoms with Gasteiger partial charge in [-0.15, -0.1) is 0 Å². The Hall–Kier alpha value is -12.6. The number of aromatic amines is 1. The topological polar surface area (TPSA) is 107 Å². The summed E-state index contributed by atoms with van der Waals surface area (Å²) in [6.45, 7) is 32.4. The van der Waals surface area contributed by atoms with E-state index in [0.717, 1.165) is 39.8 Å². The van der Waals surface area contributed by atoms with Gasteiger partial charge < -0.3 is 54.9 Å². The van der Waals surface area contributed by atoms with Gasteiger partial charge in [-0.3, -0.25) is 4.57 Å². The van der Waals surface area contributed by atoms with Crippen LogP contribution in [-0.2, 0) is 63.4 Å². The molecular weight excluding hydrogens is 1440 g/mol. The summed E-state index contributed by atoms with van der Waals surface area (Å²) in [5.74, 6) is 2.49. The van der Waals surface area contributed by atoms with E-state index in [4.69, 9.17) is 13.8 Å². The lowest BCUT2D eigenvalue weighted by molar-refractivity contribution is -0.400. The van der Waals surface area contributed by atoms with Crippen LogP contribution in [0.4, 0.5) is 5.69 Å². The lowest BCUT2D eigenvalue weighted by atomic mass is 10.1. The van der Waals surface area contributed by atoms with Crippen LogP contribution in [0.5, 0.6) is 0 Å². The van der Waals surface area contributed by atoms with E-state index in [1.54, 1.807) is 0 Å². The van der Waals surface area contributed by atoms with E-state index in [1.807, 2.05) is 40.1 Å². The fraction of sp³-hybridized carbons (Fsp3) is 0.275. The molecule has 1 atom stereocenters. The Labute approximate surface area is 687 Å². The number of aryl methyl sites for hydroxylation is 18. The summed E-state index contributed by atoms with van der Waals surface area (Å²) in [5.41, 5.74) is 38.2. The first-order chi connectivity index (χ1) is 55.1. The Morgan fingerprint density at radius 1 is 0.350 bits per heavy atom. The third-order valence-corrected chi connectivity index (χ3v) is 26.1. The third kappa shape index (κ3) is 12.6. The molecule has 13 aromatic heterocycles. The number of fused-ring (bicyclic) bond motifs is 21. The summed E-state index contributed by atoms with van der Waals surface area (Å²) >= 11 is 0. The number of H-pyrrole nitrogens is 1. The predicted octanol–water partition coefficient (Wildman–Crippen LogP) is 25.7. The Kier molecular flexibility index (Phi) is 21.4. The van der Waals surface area contributed by atoms with Crippen molar-refractivity contribution in [1.29, 1.82) is 0 Å². The van der Waals surface area contributed by atoms with Crippen LogP contribution in [0.15, 0.2) is 197 Å². The zero-order valence-corrected chi connectivity index (χ0v) is 71.7. The lowest BCUT2D eigenvalue weighted by Gasteiger charge is -2.12. The SMILES string of the molecule is C.C.CC1=[N+](C)c2c(n(C)c3ccccc23)C1C.Cc1c(C)n(C)c2c1c1ccccc1n2C.Cc1c(C)n(C)c2c1c1ccccc1n2C.Cc1c(C)n(C)c2c3ccccc3n(C)c12.Cc1c(C)n(C)c2oc3ccccc3c12.Cc1nc2c([nH]1)c1ccccc1n2-c1c(C)cccc1C.Cc1oc2c(c1C)c1ccccc1n2C. The molecule has 0 aliphatic carbocycles. The molecule has 600 valence electrons. The van der Waals surface area contributed by atoms with E-state index in [-0.39, 0.29) is 14.9 Å². The molecule has 15 heteroatoms. The maximum atomic E-state index is 5.85. The molecule has 117 heavy (non-hydrogen) atoms. The number of hydrogen-bond acceptors (Lipinski definition) is 3. The van der Waals surface area contributed by atoms with Crippen LogP contribution < -0.4 is 0 Å². The minimum Gasteiger partial charge on any atom is -0.445 e. The van der Waals surface area contributed by atoms with Crippen LogP contribution in [0.3, 0.4) is 0 Å². The van der Waals surface area contributed by atoms with Gasteiger partial charge in [-0.2, -0.15) is 0 Å². The molecule has 0 bridgehead atoms. The highest BCUT2D eigenvalue weighted by molar-refractivity contribution is 6.13. The standard InChI is InChI=1S/C18H17N3.C14H17N2.3C14H16N2.2C13H13NO.2CH4/c1-11-7-6-8-12(2)17(11)21-15-10-5-4-9-14(15)16-18(21)20-13(3)19-16;2*1-9-10(2)15(3)14-11-7-5-6-8-12(11)16(4)13(9)14;2*1-9-10(2)15(3)14-13(9)11-7-5-6-8-12(11)16(14)4;1-8-9(2)15-13-12(8)10-6-4-5-7-11(10)14(13)3;1-8-9(2)14(3)13-12(8)10-6-4-5-7-11(10)15-13;;/h4-10H,1-3H3,(H,19,20);5-9H,1-4H3;3*5-8H,1-4H3;2*4-7H,1-3H3;2*1H4/q;+1;;;;;;;. The summed E-state index contributed by atoms with van der Waals surface area (Å²) < 4.78 is 36.5. The van der Waals surface area contributed by atoms with Gasteiger partial charge >= 0.3 is 0 Å². The number of benzene rings is 8. The Balaban J connectivity index is 0.000000112. The quantitative estimate of drug-likeness (QED) is 0.165. The maximum Gasteiger partial charge on any atom is 0.234 e. The van der Waals surface area contributed by atoms with Gasteiger partial charge in [-0.1, -0.05) is 154 Å². The molecule has 0 saturated carbocycles. The second kappa shape index (κ2) is 30.9. The van der Waals surface area contributed by atoms with Gasteiger partial charge in [0.25, 0.3) is 0 Å². The summed E-state index contributed by atoms with van der Waals surface area (Å²) in [6.07, 6.45) is 0. The van der Waals surface area contributed by atoms with Gasteiger partial charge in [-0.05, 0) is 179 Å². The Morgan fingerprint density at radius 2 is 0.752 bits per heavy atom. The van der Waals surface area contributed by atoms with Crippen molar-refractivity contribution in [3.63, 3.8) is 0 Å². The molecule has 0 spiro atoms. The van der Waals surface area contributed by atoms with Gasteiger partial charge in [0, 0.05) is 142 Å². The molecule has 1 aliphatic rings. The highest BCUT2D eigenvalue weighted by Gasteiger charge is 2.37. The monoisotopic (exact) mass is 1550 g/mol. The number of nitrogens with one attached hydrogen (secondary N) is 1. The van der Waals surface area contributed by atoms with Crippen LogP contribution in [0.2, 0.25) is 0 Å². The molecule has 1 N–H and O–H groups in total. The minimum atomic E-state index is 0. The van der Waals surface area contributed by atoms with E-state index in [9.17, 15) is 0 Å². The average molecular weight is 1560 g/mol. The number of para-hydroxylation sites is 8. The fourth-order valence-electron chi connectivity index (χ4n) is 18.8. The van der Waals surface area contributed by atoms with Crippen LogP contribution in [0, 0.1) is 90.0 Å². The first kappa shape index (κ1) is 81.0. The predicted molar refractivity (Wildman–Crippen MR) is 499 cm³/mol. The second-order valence-corrected chi connectivity index (χ2v) is 32.1. The molecule has 21 aromatic rings. The van der Waals surface area contributed by atoms with Crippen LogP contribution >= 0.6 is 0 Å². The number of imidazole rings is 1. The fourth-order valence-corrected chi connectivity index (χ4v) is 18.8. The average Bonchev–Trinajstić information content (AvgIpc) is 1.60. The van der Waals surface area contributed by atoms with Crippen LogP contribution in [-0.4, -0.2) is 73.0 Å². The van der Waals surface area contributed by atoms with Crippen molar-refractivity contribution in [2.75, 3.05) is 7.05 Å². The van der Waals surface area contributed by atoms with Gasteiger partial charge in [0.05, 0.1) is 77.4 Å². The molecule has 0 saturated heterocycles. The van der Waals surface area contributed by atoms with Gasteiger partial charge in [0.15, 0.2) is 11.4 Å². The molecule has 8 aromatic carbocycles. The van der Waals surface area contributed by atoms with Gasteiger partial charge in [0.1, 0.15) is 41.2 Å². The van der Waals surface area contributed by atoms with E-state index in [0.29, 0.717) is 5.92 Å². The van der Waals surface area contributed by atoms with E-state index >= 15 is 0 Å². The first-order valence-electron chi connectivity index (χ1n) is 40.1. The van der Waals surface area contributed by atoms with Crippen molar-refractivity contribution < 1.29 is 13.4 Å². The molecule has 0 fully saturated rings. The van der Waals surface area contributed by atoms with Gasteiger partial charge in [0.2, 0.25) is 17.1 Å². The highest BCUT2D eigenvalue weighted by Crippen LogP contribution is 2.43. The van der Waals surface area contributed by atoms with E-state index < -0.39 is 0 Å². The molecule has 0 amide bonds. The third-order valence-electron chi connectivity index (χ3n) is 26.1. The van der Waals surface area contributed by atoms with Crippen molar-refractivity contribution in [3.8, 4) is 5.69 Å². The summed E-state index contributed by atoms with van der Waals surface area (Å²) in [7, 11) is 21.3. The number of nitrogens with zero attached hydrogens (tertiary/aromatic N) is 12. The van der Waals surface area contributed by atoms with Crippen molar-refractivity contribution >= 4 is 154 Å². The van der Waals surface area contributed by atoms with E-state index in [1.165, 1.54) is 199 Å². The summed E-state index contributed by atoms with van der Waals surface area (Å²) in [5, 5.41) is 14.5. The number of furan rings is 2. The highest BCUT2D eigenvalue weighted by atomic mass is 16.3. The maximum absolute atomic E-state index is 5.85. The van der Waals surface area contributed by atoms with Crippen molar-refractivity contribution in [2.45, 2.75) is 125 Å². The lowest BCUT2D eigenvalue weighted by Crippen LogP contribution is -2.09. The normalized spacial score (nSPS) is 12.6. The zero-order valence-electron chi connectivity index (χ0n) is 71.7.